The molecule has 0 bridgehead atoms. The fourth-order valence-electron chi connectivity index (χ4n) is 3.42. The molecule has 0 saturated carbocycles. The lowest BCUT2D eigenvalue weighted by molar-refractivity contribution is 0.266. The average molecular weight is 418 g/mol. The second-order valence-electron chi connectivity index (χ2n) is 7.36. The predicted octanol–water partition coefficient (Wildman–Crippen LogP) is 5.14. The highest BCUT2D eigenvalue weighted by Crippen LogP contribution is 2.29. The number of rotatable bonds is 9. The summed E-state index contributed by atoms with van der Waals surface area (Å²) < 4.78 is 19.1. The van der Waals surface area contributed by atoms with Gasteiger partial charge in [-0.3, -0.25) is 0 Å². The number of ether oxygens (including phenoxy) is 3. The zero-order valence-corrected chi connectivity index (χ0v) is 17.9. The number of methoxy groups -OCH3 is 1. The molecule has 0 atom stereocenters. The van der Waals surface area contributed by atoms with E-state index in [9.17, 15) is 0 Å². The summed E-state index contributed by atoms with van der Waals surface area (Å²) in [6.45, 7) is 3.33. The molecule has 160 valence electrons. The van der Waals surface area contributed by atoms with Crippen LogP contribution in [-0.2, 0) is 0 Å². The van der Waals surface area contributed by atoms with Gasteiger partial charge in [0.2, 0.25) is 0 Å². The first kappa shape index (κ1) is 20.6. The van der Waals surface area contributed by atoms with Crippen molar-refractivity contribution in [2.75, 3.05) is 26.1 Å². The zero-order valence-electron chi connectivity index (χ0n) is 17.9. The number of unbranched alkanes of at least 4 members (excludes halogenated alkanes) is 1. The molecular weight excluding hydrogens is 390 g/mol. The molecule has 0 aliphatic heterocycles. The van der Waals surface area contributed by atoms with Crippen molar-refractivity contribution in [2.24, 2.45) is 0 Å². The van der Waals surface area contributed by atoms with E-state index in [0.29, 0.717) is 24.7 Å². The van der Waals surface area contributed by atoms with Crippen LogP contribution in [0.4, 0.5) is 5.69 Å². The van der Waals surface area contributed by atoms with Crippen molar-refractivity contribution in [3.05, 3.63) is 72.6 Å². The van der Waals surface area contributed by atoms with Crippen LogP contribution < -0.4 is 19.9 Å². The Morgan fingerprint density at radius 1 is 0.903 bits per heavy atom. The van der Waals surface area contributed by atoms with Crippen LogP contribution in [-0.4, -0.2) is 29.7 Å². The molecule has 2 aromatic carbocycles. The first-order valence-electron chi connectivity index (χ1n) is 10.4. The van der Waals surface area contributed by atoms with Gasteiger partial charge >= 0.3 is 0 Å². The normalized spacial score (nSPS) is 10.9. The van der Waals surface area contributed by atoms with E-state index in [1.807, 2.05) is 65.3 Å². The summed E-state index contributed by atoms with van der Waals surface area (Å²) in [5.74, 6) is 2.36. The highest BCUT2D eigenvalue weighted by molar-refractivity contribution is 5.71. The molecule has 31 heavy (non-hydrogen) atoms. The van der Waals surface area contributed by atoms with Gasteiger partial charge in [-0.2, -0.15) is 0 Å². The van der Waals surface area contributed by atoms with Crippen molar-refractivity contribution in [3.8, 4) is 28.5 Å². The Labute approximate surface area is 182 Å². The van der Waals surface area contributed by atoms with Crippen LogP contribution in [0.2, 0.25) is 0 Å². The van der Waals surface area contributed by atoms with Crippen LogP contribution in [0.1, 0.15) is 18.4 Å². The zero-order chi connectivity index (χ0) is 21.6. The van der Waals surface area contributed by atoms with E-state index in [-0.39, 0.29) is 0 Å². The van der Waals surface area contributed by atoms with E-state index < -0.39 is 0 Å². The summed E-state index contributed by atoms with van der Waals surface area (Å²) in [6.07, 6.45) is 5.75. The number of aromatic nitrogens is 2. The van der Waals surface area contributed by atoms with Gasteiger partial charge in [0.1, 0.15) is 11.5 Å². The lowest BCUT2D eigenvalue weighted by Gasteiger charge is -2.09. The number of para-hydroxylation sites is 1. The molecule has 0 fully saturated rings. The summed E-state index contributed by atoms with van der Waals surface area (Å²) in [5, 5.41) is 0. The summed E-state index contributed by atoms with van der Waals surface area (Å²) in [6, 6.07) is 17.6. The van der Waals surface area contributed by atoms with Crippen LogP contribution in [0, 0.1) is 6.92 Å². The van der Waals surface area contributed by atoms with E-state index in [0.717, 1.165) is 46.8 Å². The minimum atomic E-state index is 0.585. The van der Waals surface area contributed by atoms with Crippen LogP contribution >= 0.6 is 0 Å². The van der Waals surface area contributed by atoms with Gasteiger partial charge in [0, 0.05) is 18.0 Å². The maximum absolute atomic E-state index is 6.05. The molecule has 4 aromatic rings. The smallest absolute Gasteiger partial charge is 0.180 e. The maximum atomic E-state index is 6.05. The largest absolute Gasteiger partial charge is 0.495 e. The second-order valence-corrected chi connectivity index (χ2v) is 7.36. The number of nitrogens with two attached hydrogens (primary N) is 1. The average Bonchev–Trinajstić information content (AvgIpc) is 3.22. The van der Waals surface area contributed by atoms with E-state index in [2.05, 4.69) is 13.0 Å². The minimum absolute atomic E-state index is 0.585. The molecule has 6 nitrogen and oxygen atoms in total. The molecule has 0 amide bonds. The Morgan fingerprint density at radius 2 is 1.65 bits per heavy atom. The van der Waals surface area contributed by atoms with Gasteiger partial charge in [0.05, 0.1) is 31.7 Å². The van der Waals surface area contributed by atoms with Gasteiger partial charge in [0.25, 0.3) is 0 Å². The van der Waals surface area contributed by atoms with Gasteiger partial charge in [-0.05, 0) is 61.7 Å². The molecule has 2 heterocycles. The highest BCUT2D eigenvalue weighted by Gasteiger charge is 2.10. The topological polar surface area (TPSA) is 71.0 Å². The molecule has 2 aromatic heterocycles. The fourth-order valence-corrected chi connectivity index (χ4v) is 3.42. The Bertz CT molecular complexity index is 1170. The summed E-state index contributed by atoms with van der Waals surface area (Å²) in [5.41, 5.74) is 10.3. The monoisotopic (exact) mass is 417 g/mol. The number of nitrogen functional groups attached to an aromatic ring is 1. The van der Waals surface area contributed by atoms with Gasteiger partial charge in [0.15, 0.2) is 11.4 Å². The molecule has 0 saturated heterocycles. The first-order chi connectivity index (χ1) is 15.2. The fraction of sp³-hybridized carbons (Fsp3) is 0.240. The lowest BCUT2D eigenvalue weighted by atomic mass is 10.1. The Hall–Kier alpha value is -3.67. The summed E-state index contributed by atoms with van der Waals surface area (Å²) in [7, 11) is 1.61. The van der Waals surface area contributed by atoms with Crippen molar-refractivity contribution in [1.82, 2.24) is 9.38 Å². The molecule has 6 heteroatoms. The molecule has 2 N–H and O–H groups in total. The SMILES string of the molecule is COc1ccc(-c2cn3cccc(OCCCCOc4ccccc4C)c3n2)cc1N. The molecule has 0 spiro atoms. The predicted molar refractivity (Wildman–Crippen MR) is 123 cm³/mol. The highest BCUT2D eigenvalue weighted by atomic mass is 16.5. The molecule has 0 radical (unpaired) electrons. The van der Waals surface area contributed by atoms with E-state index in [1.165, 1.54) is 0 Å². The lowest BCUT2D eigenvalue weighted by Crippen LogP contribution is -2.04. The van der Waals surface area contributed by atoms with Gasteiger partial charge < -0.3 is 24.3 Å². The number of aryl methyl sites for hydroxylation is 1. The Kier molecular flexibility index (Phi) is 6.26. The minimum Gasteiger partial charge on any atom is -0.495 e. The van der Waals surface area contributed by atoms with E-state index >= 15 is 0 Å². The molecule has 4 rings (SSSR count). The molecule has 0 aliphatic carbocycles. The van der Waals surface area contributed by atoms with E-state index in [1.54, 1.807) is 7.11 Å². The number of anilines is 1. The standard InChI is InChI=1S/C25H27N3O3/c1-18-8-3-4-9-22(18)30-14-5-6-15-31-24-10-7-13-28-17-21(27-25(24)28)19-11-12-23(29-2)20(26)16-19/h3-4,7-13,16-17H,5-6,14-15,26H2,1-2H3. The van der Waals surface area contributed by atoms with Crippen molar-refractivity contribution < 1.29 is 14.2 Å². The van der Waals surface area contributed by atoms with Crippen LogP contribution in [0.5, 0.6) is 17.2 Å². The third-order valence-electron chi connectivity index (χ3n) is 5.12. The van der Waals surface area contributed by atoms with Crippen LogP contribution in [0.15, 0.2) is 67.0 Å². The van der Waals surface area contributed by atoms with E-state index in [4.69, 9.17) is 24.9 Å². The van der Waals surface area contributed by atoms with Crippen molar-refractivity contribution in [3.63, 3.8) is 0 Å². The summed E-state index contributed by atoms with van der Waals surface area (Å²) >= 11 is 0. The maximum Gasteiger partial charge on any atom is 0.180 e. The number of fused-ring (bicyclic) bond motifs is 1. The van der Waals surface area contributed by atoms with Crippen molar-refractivity contribution in [1.29, 1.82) is 0 Å². The number of nitrogens with zero attached hydrogens (tertiary/aromatic N) is 2. The van der Waals surface area contributed by atoms with Gasteiger partial charge in [-0.1, -0.05) is 18.2 Å². The molecule has 0 unspecified atom stereocenters. The molecule has 0 aliphatic rings. The van der Waals surface area contributed by atoms with Crippen LogP contribution in [0.25, 0.3) is 16.9 Å². The number of benzene rings is 2. The number of imidazole rings is 1. The molecular formula is C25H27N3O3. The second kappa shape index (κ2) is 9.43. The first-order valence-corrected chi connectivity index (χ1v) is 10.4. The Balaban J connectivity index is 1.36. The van der Waals surface area contributed by atoms with Crippen molar-refractivity contribution >= 4 is 11.3 Å². The van der Waals surface area contributed by atoms with Gasteiger partial charge in [-0.15, -0.1) is 0 Å². The summed E-state index contributed by atoms with van der Waals surface area (Å²) in [4.78, 5) is 4.76. The van der Waals surface area contributed by atoms with Crippen molar-refractivity contribution in [2.45, 2.75) is 19.8 Å². The Morgan fingerprint density at radius 3 is 2.39 bits per heavy atom. The number of hydrogen-bond donors (Lipinski definition) is 1. The number of hydrogen-bond acceptors (Lipinski definition) is 5. The van der Waals surface area contributed by atoms with Gasteiger partial charge in [-0.25, -0.2) is 4.98 Å². The quantitative estimate of drug-likeness (QED) is 0.302. The number of pyridine rings is 1. The third-order valence-corrected chi connectivity index (χ3v) is 5.12. The van der Waals surface area contributed by atoms with Crippen LogP contribution in [0.3, 0.4) is 0 Å². The third kappa shape index (κ3) is 4.74.